The molecule has 1 saturated heterocycles. The van der Waals surface area contributed by atoms with Gasteiger partial charge in [0.25, 0.3) is 0 Å². The second-order valence-electron chi connectivity index (χ2n) is 5.43. The quantitative estimate of drug-likeness (QED) is 0.881. The lowest BCUT2D eigenvalue weighted by atomic mass is 10.1. The number of benzene rings is 1. The number of urea groups is 1. The standard InChI is InChI=1S/C14H17FN2O3S/c1-14(2)8-17(6-7-21-14)13(20)16-10-5-3-4-9(15)11(10)12(18)19/h3-5H,6-8H2,1-2H3,(H,16,20)(H,18,19). The fourth-order valence-electron chi connectivity index (χ4n) is 2.23. The third-order valence-corrected chi connectivity index (χ3v) is 4.48. The predicted octanol–water partition coefficient (Wildman–Crippen LogP) is 2.88. The van der Waals surface area contributed by atoms with E-state index in [1.54, 1.807) is 16.7 Å². The number of halogens is 1. The number of amides is 2. The summed E-state index contributed by atoms with van der Waals surface area (Å²) >= 11 is 1.78. The number of carboxylic acids is 1. The summed E-state index contributed by atoms with van der Waals surface area (Å²) in [6.07, 6.45) is 0. The minimum absolute atomic E-state index is 0.0245. The highest BCUT2D eigenvalue weighted by molar-refractivity contribution is 8.00. The molecule has 0 radical (unpaired) electrons. The highest BCUT2D eigenvalue weighted by Gasteiger charge is 2.30. The van der Waals surface area contributed by atoms with Gasteiger partial charge in [-0.1, -0.05) is 6.07 Å². The van der Waals surface area contributed by atoms with Crippen LogP contribution in [0.5, 0.6) is 0 Å². The normalized spacial score (nSPS) is 17.4. The first-order valence-electron chi connectivity index (χ1n) is 6.52. The van der Waals surface area contributed by atoms with E-state index in [2.05, 4.69) is 5.32 Å². The van der Waals surface area contributed by atoms with Gasteiger partial charge in [-0.2, -0.15) is 11.8 Å². The number of nitrogens with zero attached hydrogens (tertiary/aromatic N) is 1. The van der Waals surface area contributed by atoms with Gasteiger partial charge in [0.15, 0.2) is 0 Å². The Bertz CT molecular complexity index is 577. The van der Waals surface area contributed by atoms with E-state index in [4.69, 9.17) is 5.11 Å². The van der Waals surface area contributed by atoms with Crippen LogP contribution in [0.2, 0.25) is 0 Å². The Morgan fingerprint density at radius 2 is 2.14 bits per heavy atom. The summed E-state index contributed by atoms with van der Waals surface area (Å²) in [5.74, 6) is -1.46. The highest BCUT2D eigenvalue weighted by Crippen LogP contribution is 2.30. The Kier molecular flexibility index (Phi) is 4.41. The van der Waals surface area contributed by atoms with Crippen molar-refractivity contribution in [2.45, 2.75) is 18.6 Å². The first-order valence-corrected chi connectivity index (χ1v) is 7.50. The lowest BCUT2D eigenvalue weighted by Gasteiger charge is -2.37. The number of nitrogens with one attached hydrogen (secondary N) is 1. The van der Waals surface area contributed by atoms with Crippen molar-refractivity contribution in [2.24, 2.45) is 0 Å². The average Bonchev–Trinajstić information content (AvgIpc) is 2.37. The van der Waals surface area contributed by atoms with Crippen LogP contribution in [-0.4, -0.2) is 45.6 Å². The first kappa shape index (κ1) is 15.6. The van der Waals surface area contributed by atoms with E-state index in [0.29, 0.717) is 13.1 Å². The number of rotatable bonds is 2. The molecular formula is C14H17FN2O3S. The van der Waals surface area contributed by atoms with Gasteiger partial charge in [0.2, 0.25) is 0 Å². The Labute approximate surface area is 126 Å². The number of thioether (sulfide) groups is 1. The lowest BCUT2D eigenvalue weighted by Crippen LogP contribution is -2.48. The SMILES string of the molecule is CC1(C)CN(C(=O)Nc2cccc(F)c2C(=O)O)CCS1. The van der Waals surface area contributed by atoms with Crippen molar-refractivity contribution < 1.29 is 19.1 Å². The highest BCUT2D eigenvalue weighted by atomic mass is 32.2. The van der Waals surface area contributed by atoms with Gasteiger partial charge in [-0.05, 0) is 26.0 Å². The van der Waals surface area contributed by atoms with Gasteiger partial charge in [-0.3, -0.25) is 0 Å². The Balaban J connectivity index is 2.17. The van der Waals surface area contributed by atoms with Crippen LogP contribution in [0.1, 0.15) is 24.2 Å². The van der Waals surface area contributed by atoms with Crippen molar-refractivity contribution in [2.75, 3.05) is 24.2 Å². The second kappa shape index (κ2) is 5.93. The molecule has 0 atom stereocenters. The number of hydrogen-bond donors (Lipinski definition) is 2. The first-order chi connectivity index (χ1) is 9.80. The van der Waals surface area contributed by atoms with Crippen LogP contribution in [0.25, 0.3) is 0 Å². The summed E-state index contributed by atoms with van der Waals surface area (Å²) in [5, 5.41) is 11.5. The summed E-state index contributed by atoms with van der Waals surface area (Å²) < 4.78 is 13.5. The number of hydrogen-bond acceptors (Lipinski definition) is 3. The molecule has 0 aliphatic carbocycles. The summed E-state index contributed by atoms with van der Waals surface area (Å²) in [5.41, 5.74) is -0.542. The molecule has 1 aliphatic rings. The van der Waals surface area contributed by atoms with Crippen LogP contribution < -0.4 is 5.32 Å². The molecule has 0 saturated carbocycles. The van der Waals surface area contributed by atoms with E-state index >= 15 is 0 Å². The lowest BCUT2D eigenvalue weighted by molar-refractivity contribution is 0.0693. The Morgan fingerprint density at radius 1 is 1.43 bits per heavy atom. The Hall–Kier alpha value is -1.76. The monoisotopic (exact) mass is 312 g/mol. The van der Waals surface area contributed by atoms with E-state index in [1.165, 1.54) is 12.1 Å². The second-order valence-corrected chi connectivity index (χ2v) is 7.23. The fourth-order valence-corrected chi connectivity index (χ4v) is 3.34. The molecule has 0 unspecified atom stereocenters. The number of aromatic carboxylic acids is 1. The van der Waals surface area contributed by atoms with Crippen molar-refractivity contribution >= 4 is 29.4 Å². The molecule has 2 amide bonds. The Morgan fingerprint density at radius 3 is 2.76 bits per heavy atom. The van der Waals surface area contributed by atoms with Crippen molar-refractivity contribution in [1.29, 1.82) is 0 Å². The molecule has 7 heteroatoms. The van der Waals surface area contributed by atoms with Crippen molar-refractivity contribution in [3.8, 4) is 0 Å². The van der Waals surface area contributed by atoms with Crippen molar-refractivity contribution in [1.82, 2.24) is 4.90 Å². The van der Waals surface area contributed by atoms with E-state index in [9.17, 15) is 14.0 Å². The summed E-state index contributed by atoms with van der Waals surface area (Å²) in [4.78, 5) is 24.9. The van der Waals surface area contributed by atoms with Crippen molar-refractivity contribution in [3.63, 3.8) is 0 Å². The summed E-state index contributed by atoms with van der Waals surface area (Å²) in [7, 11) is 0. The van der Waals surface area contributed by atoms with Crippen molar-refractivity contribution in [3.05, 3.63) is 29.6 Å². The topological polar surface area (TPSA) is 69.6 Å². The van der Waals surface area contributed by atoms with Crippen LogP contribution in [-0.2, 0) is 0 Å². The number of carbonyl (C=O) groups is 2. The van der Waals surface area contributed by atoms with Crippen LogP contribution in [0.3, 0.4) is 0 Å². The summed E-state index contributed by atoms with van der Waals surface area (Å²) in [6, 6.07) is 3.40. The molecule has 0 aromatic heterocycles. The third kappa shape index (κ3) is 3.66. The van der Waals surface area contributed by atoms with Gasteiger partial charge >= 0.3 is 12.0 Å². The van der Waals surface area contributed by atoms with Crippen LogP contribution in [0, 0.1) is 5.82 Å². The van der Waals surface area contributed by atoms with Crippen LogP contribution in [0.4, 0.5) is 14.9 Å². The average molecular weight is 312 g/mol. The smallest absolute Gasteiger partial charge is 0.340 e. The fraction of sp³-hybridized carbons (Fsp3) is 0.429. The zero-order valence-electron chi connectivity index (χ0n) is 11.9. The molecule has 2 N–H and O–H groups in total. The van der Waals surface area contributed by atoms with E-state index in [-0.39, 0.29) is 10.4 Å². The minimum atomic E-state index is -1.40. The van der Waals surface area contributed by atoms with Gasteiger partial charge in [-0.15, -0.1) is 0 Å². The molecule has 5 nitrogen and oxygen atoms in total. The predicted molar refractivity (Wildman–Crippen MR) is 80.5 cm³/mol. The van der Waals surface area contributed by atoms with Gasteiger partial charge in [0.05, 0.1) is 5.69 Å². The minimum Gasteiger partial charge on any atom is -0.478 e. The zero-order chi connectivity index (χ0) is 15.6. The molecule has 21 heavy (non-hydrogen) atoms. The van der Waals surface area contributed by atoms with Gasteiger partial charge in [0.1, 0.15) is 11.4 Å². The van der Waals surface area contributed by atoms with Gasteiger partial charge < -0.3 is 15.3 Å². The molecule has 0 bridgehead atoms. The molecule has 0 spiro atoms. The summed E-state index contributed by atoms with van der Waals surface area (Å²) in [6.45, 7) is 5.23. The molecule has 1 aromatic carbocycles. The number of carboxylic acid groups (broad SMARTS) is 1. The molecule has 1 aliphatic heterocycles. The molecule has 1 heterocycles. The van der Waals surface area contributed by atoms with Crippen LogP contribution >= 0.6 is 11.8 Å². The zero-order valence-corrected chi connectivity index (χ0v) is 12.7. The number of carbonyl (C=O) groups excluding carboxylic acids is 1. The molecule has 2 rings (SSSR count). The molecule has 1 aromatic rings. The largest absolute Gasteiger partial charge is 0.478 e. The third-order valence-electron chi connectivity index (χ3n) is 3.18. The maximum Gasteiger partial charge on any atom is 0.340 e. The molecule has 114 valence electrons. The van der Waals surface area contributed by atoms with Crippen LogP contribution in [0.15, 0.2) is 18.2 Å². The molecule has 1 fully saturated rings. The van der Waals surface area contributed by atoms with E-state index in [0.717, 1.165) is 11.8 Å². The molecular weight excluding hydrogens is 295 g/mol. The maximum absolute atomic E-state index is 13.6. The van der Waals surface area contributed by atoms with Gasteiger partial charge in [0, 0.05) is 23.6 Å². The van der Waals surface area contributed by atoms with E-state index < -0.39 is 23.4 Å². The van der Waals surface area contributed by atoms with Gasteiger partial charge in [-0.25, -0.2) is 14.0 Å². The maximum atomic E-state index is 13.6. The van der Waals surface area contributed by atoms with E-state index in [1.807, 2.05) is 13.8 Å². The number of anilines is 1.